The minimum Gasteiger partial charge on any atom is -0.381 e. The second-order valence-corrected chi connectivity index (χ2v) is 8.15. The molecule has 4 rings (SSSR count). The Bertz CT molecular complexity index is 885. The van der Waals surface area contributed by atoms with Crippen molar-refractivity contribution in [2.75, 3.05) is 23.4 Å². The lowest BCUT2D eigenvalue weighted by atomic mass is 9.89. The van der Waals surface area contributed by atoms with Crippen molar-refractivity contribution in [1.29, 1.82) is 0 Å². The summed E-state index contributed by atoms with van der Waals surface area (Å²) in [7, 11) is 0. The van der Waals surface area contributed by atoms with E-state index in [1.807, 2.05) is 24.1 Å². The first-order valence-electron chi connectivity index (χ1n) is 9.72. The molecule has 2 aromatic heterocycles. The number of aryl methyl sites for hydroxylation is 1. The van der Waals surface area contributed by atoms with Gasteiger partial charge in [-0.2, -0.15) is 4.98 Å². The van der Waals surface area contributed by atoms with Crippen LogP contribution in [0.5, 0.6) is 0 Å². The van der Waals surface area contributed by atoms with Crippen molar-refractivity contribution in [2.24, 2.45) is 0 Å². The summed E-state index contributed by atoms with van der Waals surface area (Å²) in [5.74, 6) is 1.55. The molecule has 7 nitrogen and oxygen atoms in total. The highest BCUT2D eigenvalue weighted by atomic mass is 79.9. The van der Waals surface area contributed by atoms with Gasteiger partial charge in [0, 0.05) is 37.4 Å². The molecule has 1 saturated heterocycles. The van der Waals surface area contributed by atoms with E-state index in [-0.39, 0.29) is 17.9 Å². The smallest absolute Gasteiger partial charge is 0.229 e. The molecule has 0 aromatic carbocycles. The maximum absolute atomic E-state index is 13.0. The van der Waals surface area contributed by atoms with Crippen molar-refractivity contribution in [3.63, 3.8) is 0 Å². The summed E-state index contributed by atoms with van der Waals surface area (Å²) >= 11 is 3.38. The van der Waals surface area contributed by atoms with Gasteiger partial charge in [-0.25, -0.2) is 9.97 Å². The minimum absolute atomic E-state index is 0.136. The zero-order valence-electron chi connectivity index (χ0n) is 16.1. The average Bonchev–Trinajstić information content (AvgIpc) is 2.70. The van der Waals surface area contributed by atoms with Crippen LogP contribution in [0.15, 0.2) is 23.1 Å². The van der Waals surface area contributed by atoms with E-state index in [0.717, 1.165) is 46.5 Å². The van der Waals surface area contributed by atoms with Gasteiger partial charge in [0.2, 0.25) is 11.9 Å². The normalized spacial score (nSPS) is 20.2. The first-order chi connectivity index (χ1) is 13.6. The Kier molecular flexibility index (Phi) is 5.59. The monoisotopic (exact) mass is 445 g/mol. The van der Waals surface area contributed by atoms with Crippen LogP contribution in [-0.2, 0) is 9.53 Å². The lowest BCUT2D eigenvalue weighted by Gasteiger charge is -2.39. The number of ether oxygens (including phenoxy) is 1. The third kappa shape index (κ3) is 3.75. The highest BCUT2D eigenvalue weighted by Gasteiger charge is 2.37. The highest BCUT2D eigenvalue weighted by molar-refractivity contribution is 9.10. The van der Waals surface area contributed by atoms with Gasteiger partial charge >= 0.3 is 0 Å². The number of nitrogens with one attached hydrogen (secondary N) is 1. The molecule has 0 radical (unpaired) electrons. The van der Waals surface area contributed by atoms with Crippen LogP contribution in [0.4, 0.5) is 17.5 Å². The minimum atomic E-state index is 0.136. The summed E-state index contributed by atoms with van der Waals surface area (Å²) in [4.78, 5) is 28.4. The molecule has 28 heavy (non-hydrogen) atoms. The second kappa shape index (κ2) is 8.13. The van der Waals surface area contributed by atoms with Crippen molar-refractivity contribution in [2.45, 2.75) is 51.5 Å². The van der Waals surface area contributed by atoms with E-state index in [4.69, 9.17) is 9.72 Å². The largest absolute Gasteiger partial charge is 0.381 e. The molecule has 0 saturated carbocycles. The Morgan fingerprint density at radius 1 is 1.29 bits per heavy atom. The summed E-state index contributed by atoms with van der Waals surface area (Å²) < 4.78 is 6.27. The van der Waals surface area contributed by atoms with Crippen molar-refractivity contribution < 1.29 is 9.53 Å². The van der Waals surface area contributed by atoms with Crippen LogP contribution in [0.3, 0.4) is 0 Å². The van der Waals surface area contributed by atoms with Crippen molar-refractivity contribution >= 4 is 39.3 Å². The van der Waals surface area contributed by atoms with Crippen LogP contribution in [0.1, 0.15) is 49.7 Å². The number of carbonyl (C=O) groups is 1. The van der Waals surface area contributed by atoms with Gasteiger partial charge in [-0.1, -0.05) is 6.92 Å². The molecular weight excluding hydrogens is 422 g/mol. The fraction of sp³-hybridized carbons (Fsp3) is 0.500. The van der Waals surface area contributed by atoms with E-state index in [0.29, 0.717) is 25.6 Å². The lowest BCUT2D eigenvalue weighted by Crippen LogP contribution is -2.47. The molecule has 1 amide bonds. The topological polar surface area (TPSA) is 80.2 Å². The molecular formula is C20H24BrN5O2. The Balaban J connectivity index is 1.70. The molecule has 0 spiro atoms. The highest BCUT2D eigenvalue weighted by Crippen LogP contribution is 2.39. The molecule has 0 bridgehead atoms. The molecule has 2 aliphatic heterocycles. The number of halogens is 1. The lowest BCUT2D eigenvalue weighted by molar-refractivity contribution is -0.120. The standard InChI is InChI=1S/C20H24BrN5O2/c1-3-13-9-18(27)26(14-4-6-28-7-5-14)19-15(13)10-23-20(25-19)24-16-11-22-17(21)8-12(16)2/h8,10-11,13-14H,3-7,9H2,1-2H3,(H,23,24,25). The van der Waals surface area contributed by atoms with Crippen LogP contribution in [0.25, 0.3) is 0 Å². The predicted octanol–water partition coefficient (Wildman–Crippen LogP) is 4.10. The Labute approximate surface area is 173 Å². The van der Waals surface area contributed by atoms with Crippen LogP contribution < -0.4 is 10.2 Å². The number of rotatable bonds is 4. The molecule has 1 N–H and O–H groups in total. The molecule has 1 atom stereocenters. The molecule has 4 heterocycles. The fourth-order valence-electron chi connectivity index (χ4n) is 3.92. The molecule has 2 aromatic rings. The van der Waals surface area contributed by atoms with Gasteiger partial charge < -0.3 is 10.1 Å². The quantitative estimate of drug-likeness (QED) is 0.713. The molecule has 8 heteroatoms. The van der Waals surface area contributed by atoms with Gasteiger partial charge in [0.05, 0.1) is 11.9 Å². The first-order valence-corrected chi connectivity index (χ1v) is 10.5. The number of hydrogen-bond acceptors (Lipinski definition) is 6. The van der Waals surface area contributed by atoms with Gasteiger partial charge in [-0.15, -0.1) is 0 Å². The van der Waals surface area contributed by atoms with Crippen LogP contribution in [0.2, 0.25) is 0 Å². The summed E-state index contributed by atoms with van der Waals surface area (Å²) in [6, 6.07) is 2.07. The first kappa shape index (κ1) is 19.3. The third-order valence-corrected chi connectivity index (χ3v) is 5.96. The van der Waals surface area contributed by atoms with Gasteiger partial charge in [-0.3, -0.25) is 9.69 Å². The van der Waals surface area contributed by atoms with Crippen molar-refractivity contribution in [1.82, 2.24) is 15.0 Å². The second-order valence-electron chi connectivity index (χ2n) is 7.34. The number of fused-ring (bicyclic) bond motifs is 1. The molecule has 0 aliphatic carbocycles. The van der Waals surface area contributed by atoms with E-state index in [1.54, 1.807) is 6.20 Å². The molecule has 148 valence electrons. The van der Waals surface area contributed by atoms with Gasteiger partial charge in [-0.05, 0) is 59.7 Å². The zero-order valence-corrected chi connectivity index (χ0v) is 17.7. The number of pyridine rings is 1. The summed E-state index contributed by atoms with van der Waals surface area (Å²) in [5, 5.41) is 3.25. The maximum atomic E-state index is 13.0. The SMILES string of the molecule is CCC1CC(=O)N(C2CCOCC2)c2nc(Nc3cnc(Br)cc3C)ncc21. The Morgan fingerprint density at radius 2 is 2.07 bits per heavy atom. The number of anilines is 3. The van der Waals surface area contributed by atoms with Crippen molar-refractivity contribution in [3.05, 3.63) is 34.2 Å². The number of amides is 1. The number of nitrogens with zero attached hydrogens (tertiary/aromatic N) is 4. The van der Waals surface area contributed by atoms with E-state index in [9.17, 15) is 4.79 Å². The number of hydrogen-bond donors (Lipinski definition) is 1. The predicted molar refractivity (Wildman–Crippen MR) is 111 cm³/mol. The van der Waals surface area contributed by atoms with E-state index in [2.05, 4.69) is 38.1 Å². The van der Waals surface area contributed by atoms with Crippen LogP contribution >= 0.6 is 15.9 Å². The van der Waals surface area contributed by atoms with Crippen molar-refractivity contribution in [3.8, 4) is 0 Å². The summed E-state index contributed by atoms with van der Waals surface area (Å²) in [6.07, 6.45) is 6.71. The number of aromatic nitrogens is 3. The molecule has 2 aliphatic rings. The Morgan fingerprint density at radius 3 is 2.79 bits per heavy atom. The molecule has 1 fully saturated rings. The maximum Gasteiger partial charge on any atom is 0.229 e. The van der Waals surface area contributed by atoms with Gasteiger partial charge in [0.1, 0.15) is 10.4 Å². The van der Waals surface area contributed by atoms with Crippen LogP contribution in [0, 0.1) is 6.92 Å². The third-order valence-electron chi connectivity index (χ3n) is 5.53. The van der Waals surface area contributed by atoms with Crippen LogP contribution in [-0.4, -0.2) is 40.1 Å². The average molecular weight is 446 g/mol. The van der Waals surface area contributed by atoms with Gasteiger partial charge in [0.25, 0.3) is 0 Å². The summed E-state index contributed by atoms with van der Waals surface area (Å²) in [6.45, 7) is 5.47. The summed E-state index contributed by atoms with van der Waals surface area (Å²) in [5.41, 5.74) is 2.94. The number of carbonyl (C=O) groups excluding carboxylic acids is 1. The fourth-order valence-corrected chi connectivity index (χ4v) is 4.36. The van der Waals surface area contributed by atoms with E-state index >= 15 is 0 Å². The van der Waals surface area contributed by atoms with E-state index in [1.165, 1.54) is 0 Å². The van der Waals surface area contributed by atoms with Gasteiger partial charge in [0.15, 0.2) is 0 Å². The van der Waals surface area contributed by atoms with E-state index < -0.39 is 0 Å². The Hall–Kier alpha value is -2.06. The molecule has 1 unspecified atom stereocenters. The zero-order chi connectivity index (χ0) is 19.7.